The smallest absolute Gasteiger partial charge is 0.178 e. The fraction of sp³-hybridized carbons (Fsp3) is 0.450. The molecular weight excluding hydrogens is 310 g/mol. The summed E-state index contributed by atoms with van der Waals surface area (Å²) in [6.45, 7) is 11.4. The second kappa shape index (κ2) is 6.82. The number of likely N-dealkylation sites (N-methyl/N-ethyl adjacent to an activating group) is 1. The van der Waals surface area contributed by atoms with E-state index < -0.39 is 0 Å². The van der Waals surface area contributed by atoms with Gasteiger partial charge in [0, 0.05) is 42.1 Å². The van der Waals surface area contributed by atoms with Crippen molar-refractivity contribution in [3.05, 3.63) is 48.1 Å². The van der Waals surface area contributed by atoms with Crippen molar-refractivity contribution in [2.75, 3.05) is 18.5 Å². The third kappa shape index (κ3) is 4.16. The van der Waals surface area contributed by atoms with Crippen molar-refractivity contribution >= 4 is 5.69 Å². The molecule has 0 radical (unpaired) electrons. The maximum absolute atomic E-state index is 4.82. The van der Waals surface area contributed by atoms with Gasteiger partial charge in [-0.2, -0.15) is 0 Å². The number of anilines is 1. The average Bonchev–Trinajstić information content (AvgIpc) is 3.01. The van der Waals surface area contributed by atoms with E-state index in [1.807, 2.05) is 6.07 Å². The van der Waals surface area contributed by atoms with Gasteiger partial charge in [-0.3, -0.25) is 0 Å². The lowest BCUT2D eigenvalue weighted by atomic mass is 10.1. The number of rotatable bonds is 5. The van der Waals surface area contributed by atoms with Crippen LogP contribution in [0.25, 0.3) is 11.5 Å². The first-order chi connectivity index (χ1) is 11.8. The molecule has 0 spiro atoms. The standard InChI is InChI=1S/C20H27N5/c1-14(24-20(2,3)4)13-25(5)18-12-17(19-21-10-7-11-22-19)23-16-9-6-8-15(16)18/h7,10-12,24H,1,6,8-9,13H2,2-5H3. The summed E-state index contributed by atoms with van der Waals surface area (Å²) >= 11 is 0. The number of nitrogens with one attached hydrogen (secondary N) is 1. The van der Waals surface area contributed by atoms with E-state index in [-0.39, 0.29) is 5.54 Å². The molecule has 0 unspecified atom stereocenters. The van der Waals surface area contributed by atoms with Crippen LogP contribution in [0.3, 0.4) is 0 Å². The third-order valence-corrected chi connectivity index (χ3v) is 4.21. The number of hydrogen-bond donors (Lipinski definition) is 1. The molecule has 0 saturated carbocycles. The molecule has 25 heavy (non-hydrogen) atoms. The van der Waals surface area contributed by atoms with Gasteiger partial charge in [0.1, 0.15) is 5.69 Å². The van der Waals surface area contributed by atoms with Crippen LogP contribution in [0, 0.1) is 0 Å². The van der Waals surface area contributed by atoms with Crippen LogP contribution < -0.4 is 10.2 Å². The van der Waals surface area contributed by atoms with E-state index in [0.29, 0.717) is 5.82 Å². The molecule has 0 fully saturated rings. The first-order valence-corrected chi connectivity index (χ1v) is 8.81. The number of aryl methyl sites for hydroxylation is 1. The Kier molecular flexibility index (Phi) is 4.75. The van der Waals surface area contributed by atoms with E-state index in [1.165, 1.54) is 16.9 Å². The number of hydrogen-bond acceptors (Lipinski definition) is 5. The molecule has 5 nitrogen and oxygen atoms in total. The zero-order chi connectivity index (χ0) is 18.0. The highest BCUT2D eigenvalue weighted by Gasteiger charge is 2.22. The SMILES string of the molecule is C=C(CN(C)c1cc(-c2ncccn2)nc2c1CCC2)NC(C)(C)C. The summed E-state index contributed by atoms with van der Waals surface area (Å²) in [6.07, 6.45) is 6.78. The minimum absolute atomic E-state index is 0.0150. The van der Waals surface area contributed by atoms with Crippen LogP contribution in [0.2, 0.25) is 0 Å². The van der Waals surface area contributed by atoms with Crippen molar-refractivity contribution in [2.24, 2.45) is 0 Å². The molecule has 2 heterocycles. The molecule has 1 aliphatic rings. The Labute approximate surface area is 150 Å². The summed E-state index contributed by atoms with van der Waals surface area (Å²) in [4.78, 5) is 15.8. The van der Waals surface area contributed by atoms with Crippen molar-refractivity contribution in [2.45, 2.75) is 45.6 Å². The summed E-state index contributed by atoms with van der Waals surface area (Å²) in [5.74, 6) is 0.679. The highest BCUT2D eigenvalue weighted by atomic mass is 15.1. The van der Waals surface area contributed by atoms with Gasteiger partial charge in [0.05, 0.1) is 6.54 Å². The lowest BCUT2D eigenvalue weighted by Gasteiger charge is -2.28. The van der Waals surface area contributed by atoms with Crippen LogP contribution in [0.5, 0.6) is 0 Å². The third-order valence-electron chi connectivity index (χ3n) is 4.21. The molecule has 1 aliphatic carbocycles. The maximum Gasteiger partial charge on any atom is 0.178 e. The Morgan fingerprint density at radius 1 is 1.24 bits per heavy atom. The van der Waals surface area contributed by atoms with Gasteiger partial charge in [-0.1, -0.05) is 6.58 Å². The van der Waals surface area contributed by atoms with Crippen molar-refractivity contribution in [3.63, 3.8) is 0 Å². The molecule has 0 atom stereocenters. The number of pyridine rings is 1. The molecule has 5 heteroatoms. The largest absolute Gasteiger partial charge is 0.383 e. The Hall–Kier alpha value is -2.43. The van der Waals surface area contributed by atoms with E-state index in [9.17, 15) is 0 Å². The number of aromatic nitrogens is 3. The average molecular weight is 337 g/mol. The zero-order valence-corrected chi connectivity index (χ0v) is 15.6. The van der Waals surface area contributed by atoms with Gasteiger partial charge >= 0.3 is 0 Å². The molecule has 2 aromatic heterocycles. The summed E-state index contributed by atoms with van der Waals surface area (Å²) in [5, 5.41) is 3.46. The Balaban J connectivity index is 1.90. The molecule has 0 bridgehead atoms. The van der Waals surface area contributed by atoms with Crippen molar-refractivity contribution in [3.8, 4) is 11.5 Å². The van der Waals surface area contributed by atoms with Crippen LogP contribution in [-0.4, -0.2) is 34.1 Å². The highest BCUT2D eigenvalue weighted by molar-refractivity contribution is 5.65. The second-order valence-corrected chi connectivity index (χ2v) is 7.71. The lowest BCUT2D eigenvalue weighted by molar-refractivity contribution is 0.469. The van der Waals surface area contributed by atoms with Crippen molar-refractivity contribution < 1.29 is 0 Å². The predicted molar refractivity (Wildman–Crippen MR) is 103 cm³/mol. The molecule has 0 amide bonds. The van der Waals surface area contributed by atoms with E-state index >= 15 is 0 Å². The molecule has 0 saturated heterocycles. The fourth-order valence-corrected chi connectivity index (χ4v) is 3.35. The van der Waals surface area contributed by atoms with E-state index in [2.05, 4.69) is 60.6 Å². The molecule has 2 aromatic rings. The summed E-state index contributed by atoms with van der Waals surface area (Å²) in [5.41, 5.74) is 5.61. The summed E-state index contributed by atoms with van der Waals surface area (Å²) in [7, 11) is 2.11. The van der Waals surface area contributed by atoms with Crippen molar-refractivity contribution in [1.82, 2.24) is 20.3 Å². The van der Waals surface area contributed by atoms with Crippen molar-refractivity contribution in [1.29, 1.82) is 0 Å². The Morgan fingerprint density at radius 3 is 2.64 bits per heavy atom. The summed E-state index contributed by atoms with van der Waals surface area (Å²) in [6, 6.07) is 3.94. The van der Waals surface area contributed by atoms with Gasteiger partial charge in [0.15, 0.2) is 5.82 Å². The normalized spacial score (nSPS) is 13.4. The first kappa shape index (κ1) is 17.4. The van der Waals surface area contributed by atoms with Crippen LogP contribution in [-0.2, 0) is 12.8 Å². The topological polar surface area (TPSA) is 53.9 Å². The quantitative estimate of drug-likeness (QED) is 0.906. The number of fused-ring (bicyclic) bond motifs is 1. The fourth-order valence-electron chi connectivity index (χ4n) is 3.35. The molecule has 1 N–H and O–H groups in total. The molecular formula is C20H27N5. The van der Waals surface area contributed by atoms with Crippen LogP contribution >= 0.6 is 0 Å². The monoisotopic (exact) mass is 337 g/mol. The Morgan fingerprint density at radius 2 is 1.96 bits per heavy atom. The van der Waals surface area contributed by atoms with E-state index in [4.69, 9.17) is 4.98 Å². The highest BCUT2D eigenvalue weighted by Crippen LogP contribution is 2.33. The molecule has 132 valence electrons. The van der Waals surface area contributed by atoms with E-state index in [1.54, 1.807) is 12.4 Å². The first-order valence-electron chi connectivity index (χ1n) is 8.81. The number of nitrogens with zero attached hydrogens (tertiary/aromatic N) is 4. The van der Waals surface area contributed by atoms with Gasteiger partial charge < -0.3 is 10.2 Å². The van der Waals surface area contributed by atoms with E-state index in [0.717, 1.165) is 37.2 Å². The predicted octanol–water partition coefficient (Wildman–Crippen LogP) is 3.37. The van der Waals surface area contributed by atoms with Gasteiger partial charge in [0.25, 0.3) is 0 Å². The molecule has 0 aliphatic heterocycles. The minimum atomic E-state index is 0.0150. The second-order valence-electron chi connectivity index (χ2n) is 7.71. The van der Waals surface area contributed by atoms with Gasteiger partial charge in [0.2, 0.25) is 0 Å². The lowest BCUT2D eigenvalue weighted by Crippen LogP contribution is -2.38. The summed E-state index contributed by atoms with van der Waals surface area (Å²) < 4.78 is 0. The maximum atomic E-state index is 4.82. The molecule has 3 rings (SSSR count). The van der Waals surface area contributed by atoms with Gasteiger partial charge in [-0.25, -0.2) is 15.0 Å². The van der Waals surface area contributed by atoms with Gasteiger partial charge in [-0.05, 0) is 57.7 Å². The van der Waals surface area contributed by atoms with Crippen LogP contribution in [0.15, 0.2) is 36.8 Å². The van der Waals surface area contributed by atoms with Crippen LogP contribution in [0.1, 0.15) is 38.4 Å². The zero-order valence-electron chi connectivity index (χ0n) is 15.6. The molecule has 0 aromatic carbocycles. The van der Waals surface area contributed by atoms with Crippen LogP contribution in [0.4, 0.5) is 5.69 Å². The van der Waals surface area contributed by atoms with Gasteiger partial charge in [-0.15, -0.1) is 0 Å². The minimum Gasteiger partial charge on any atom is -0.383 e. The Bertz CT molecular complexity index is 762.